The Kier molecular flexibility index (Phi) is 6.68. The minimum absolute atomic E-state index is 0.0982. The average molecular weight is 423 g/mol. The van der Waals surface area contributed by atoms with E-state index in [0.717, 1.165) is 11.1 Å². The summed E-state index contributed by atoms with van der Waals surface area (Å²) < 4.78 is 13.5. The van der Waals surface area contributed by atoms with Crippen LogP contribution in [-0.2, 0) is 11.3 Å². The molecule has 31 heavy (non-hydrogen) atoms. The van der Waals surface area contributed by atoms with Gasteiger partial charge >= 0.3 is 0 Å². The highest BCUT2D eigenvalue weighted by molar-refractivity contribution is 6.05. The number of hydrogen-bond acceptors (Lipinski definition) is 3. The SMILES string of the molecule is C=C(C)C(CCC(=O)CC)N1Cc2cc(NC(=O)c3ccc(F)c(C)c3)ccc2C1=O. The number of nitrogens with one attached hydrogen (secondary N) is 1. The molecule has 1 N–H and O–H groups in total. The van der Waals surface area contributed by atoms with E-state index in [1.54, 1.807) is 30.0 Å². The number of amides is 2. The molecule has 0 aliphatic carbocycles. The fraction of sp³-hybridized carbons (Fsp3) is 0.320. The maximum Gasteiger partial charge on any atom is 0.255 e. The number of aryl methyl sites for hydroxylation is 1. The lowest BCUT2D eigenvalue weighted by molar-refractivity contribution is -0.119. The van der Waals surface area contributed by atoms with Gasteiger partial charge in [-0.2, -0.15) is 0 Å². The molecule has 0 fully saturated rings. The molecule has 1 atom stereocenters. The molecule has 6 heteroatoms. The van der Waals surface area contributed by atoms with Crippen molar-refractivity contribution in [1.82, 2.24) is 4.90 Å². The van der Waals surface area contributed by atoms with Gasteiger partial charge in [-0.1, -0.05) is 19.1 Å². The number of ketones is 1. The Hall–Kier alpha value is -3.28. The Bertz CT molecular complexity index is 1060. The zero-order chi connectivity index (χ0) is 22.7. The minimum Gasteiger partial charge on any atom is -0.328 e. The summed E-state index contributed by atoms with van der Waals surface area (Å²) in [5, 5.41) is 2.81. The van der Waals surface area contributed by atoms with Gasteiger partial charge in [0.05, 0.1) is 6.04 Å². The fourth-order valence-electron chi connectivity index (χ4n) is 3.80. The van der Waals surface area contributed by atoms with Crippen LogP contribution in [0.3, 0.4) is 0 Å². The number of benzene rings is 2. The van der Waals surface area contributed by atoms with Crippen LogP contribution < -0.4 is 5.32 Å². The zero-order valence-electron chi connectivity index (χ0n) is 18.1. The lowest BCUT2D eigenvalue weighted by atomic mass is 10.0. The molecule has 0 spiro atoms. The third-order valence-corrected chi connectivity index (χ3v) is 5.65. The second kappa shape index (κ2) is 9.25. The summed E-state index contributed by atoms with van der Waals surface area (Å²) in [6, 6.07) is 9.17. The van der Waals surface area contributed by atoms with E-state index < -0.39 is 0 Å². The number of fused-ring (bicyclic) bond motifs is 1. The molecular weight excluding hydrogens is 395 g/mol. The summed E-state index contributed by atoms with van der Waals surface area (Å²) in [7, 11) is 0. The molecule has 1 unspecified atom stereocenters. The maximum atomic E-state index is 13.5. The van der Waals surface area contributed by atoms with Gasteiger partial charge in [0, 0.05) is 36.2 Å². The number of hydrogen-bond donors (Lipinski definition) is 1. The number of Topliss-reactive ketones (excluding diaryl/α,β-unsaturated/α-hetero) is 1. The standard InChI is InChI=1S/C25H27FN2O3/c1-5-20(29)8-11-23(15(2)3)28-14-18-13-19(7-9-21(18)25(28)31)27-24(30)17-6-10-22(26)16(4)12-17/h6-7,9-10,12-13,23H,2,5,8,11,14H2,1,3-4H3,(H,27,30). The van der Waals surface area contributed by atoms with Gasteiger partial charge in [-0.25, -0.2) is 4.39 Å². The van der Waals surface area contributed by atoms with Crippen LogP contribution in [0.2, 0.25) is 0 Å². The Morgan fingerprint density at radius 2 is 1.97 bits per heavy atom. The van der Waals surface area contributed by atoms with E-state index in [2.05, 4.69) is 11.9 Å². The lowest BCUT2D eigenvalue weighted by Gasteiger charge is -2.28. The summed E-state index contributed by atoms with van der Waals surface area (Å²) in [5.74, 6) is -0.641. The third kappa shape index (κ3) is 4.90. The topological polar surface area (TPSA) is 66.5 Å². The molecule has 0 saturated heterocycles. The lowest BCUT2D eigenvalue weighted by Crippen LogP contribution is -2.36. The van der Waals surface area contributed by atoms with Crippen LogP contribution in [-0.4, -0.2) is 28.5 Å². The third-order valence-electron chi connectivity index (χ3n) is 5.65. The van der Waals surface area contributed by atoms with E-state index in [0.29, 0.717) is 48.2 Å². The molecule has 0 aromatic heterocycles. The van der Waals surface area contributed by atoms with Crippen LogP contribution in [0.1, 0.15) is 65.0 Å². The number of halogens is 1. The molecule has 1 aliphatic heterocycles. The molecule has 0 saturated carbocycles. The number of carbonyl (C=O) groups is 3. The van der Waals surface area contributed by atoms with Gasteiger partial charge in [0.1, 0.15) is 11.6 Å². The molecule has 2 amide bonds. The number of carbonyl (C=O) groups excluding carboxylic acids is 3. The van der Waals surface area contributed by atoms with Crippen molar-refractivity contribution < 1.29 is 18.8 Å². The highest BCUT2D eigenvalue weighted by atomic mass is 19.1. The summed E-state index contributed by atoms with van der Waals surface area (Å²) >= 11 is 0. The van der Waals surface area contributed by atoms with Gasteiger partial charge in [0.25, 0.3) is 11.8 Å². The first-order valence-corrected chi connectivity index (χ1v) is 10.4. The van der Waals surface area contributed by atoms with Crippen LogP contribution in [0, 0.1) is 12.7 Å². The van der Waals surface area contributed by atoms with Crippen molar-refractivity contribution in [2.24, 2.45) is 0 Å². The molecule has 0 radical (unpaired) electrons. The Morgan fingerprint density at radius 1 is 1.23 bits per heavy atom. The predicted octanol–water partition coefficient (Wildman–Crippen LogP) is 5.05. The van der Waals surface area contributed by atoms with E-state index in [9.17, 15) is 18.8 Å². The second-order valence-corrected chi connectivity index (χ2v) is 8.02. The van der Waals surface area contributed by atoms with Crippen LogP contribution in [0.4, 0.5) is 10.1 Å². The first-order valence-electron chi connectivity index (χ1n) is 10.4. The minimum atomic E-state index is -0.361. The molecule has 2 aromatic carbocycles. The normalized spacial score (nSPS) is 13.7. The monoisotopic (exact) mass is 422 g/mol. The van der Waals surface area contributed by atoms with Crippen molar-refractivity contribution in [2.75, 3.05) is 5.32 Å². The van der Waals surface area contributed by atoms with Gasteiger partial charge in [-0.05, 0) is 67.8 Å². The van der Waals surface area contributed by atoms with E-state index in [1.165, 1.54) is 18.2 Å². The van der Waals surface area contributed by atoms with Crippen LogP contribution in [0.5, 0.6) is 0 Å². The van der Waals surface area contributed by atoms with E-state index in [-0.39, 0.29) is 29.5 Å². The summed E-state index contributed by atoms with van der Waals surface area (Å²) in [6.07, 6.45) is 1.44. The number of rotatable bonds is 8. The van der Waals surface area contributed by atoms with E-state index >= 15 is 0 Å². The van der Waals surface area contributed by atoms with Gasteiger partial charge < -0.3 is 10.2 Å². The summed E-state index contributed by atoms with van der Waals surface area (Å²) in [5.41, 5.74) is 3.56. The highest BCUT2D eigenvalue weighted by Crippen LogP contribution is 2.30. The van der Waals surface area contributed by atoms with Crippen molar-refractivity contribution in [2.45, 2.75) is 52.6 Å². The van der Waals surface area contributed by atoms with Gasteiger partial charge in [-0.15, -0.1) is 0 Å². The van der Waals surface area contributed by atoms with Crippen molar-refractivity contribution in [1.29, 1.82) is 0 Å². The Balaban J connectivity index is 1.76. The van der Waals surface area contributed by atoms with Crippen molar-refractivity contribution >= 4 is 23.3 Å². The fourth-order valence-corrected chi connectivity index (χ4v) is 3.80. The number of anilines is 1. The molecule has 0 bridgehead atoms. The van der Waals surface area contributed by atoms with Crippen molar-refractivity contribution in [3.05, 3.63) is 76.6 Å². The van der Waals surface area contributed by atoms with E-state index in [4.69, 9.17) is 0 Å². The average Bonchev–Trinajstić information content (AvgIpc) is 3.05. The first-order chi connectivity index (χ1) is 14.7. The van der Waals surface area contributed by atoms with E-state index in [1.807, 2.05) is 13.8 Å². The van der Waals surface area contributed by atoms with Gasteiger partial charge in [-0.3, -0.25) is 14.4 Å². The van der Waals surface area contributed by atoms with Gasteiger partial charge in [0.15, 0.2) is 0 Å². The Morgan fingerprint density at radius 3 is 2.61 bits per heavy atom. The predicted molar refractivity (Wildman–Crippen MR) is 119 cm³/mol. The largest absolute Gasteiger partial charge is 0.328 e. The smallest absolute Gasteiger partial charge is 0.255 e. The molecule has 3 rings (SSSR count). The van der Waals surface area contributed by atoms with Crippen LogP contribution in [0.15, 0.2) is 48.6 Å². The maximum absolute atomic E-state index is 13.5. The number of nitrogens with zero attached hydrogens (tertiary/aromatic N) is 1. The first kappa shape index (κ1) is 22.4. The summed E-state index contributed by atoms with van der Waals surface area (Å²) in [4.78, 5) is 39.0. The molecule has 2 aromatic rings. The molecule has 1 aliphatic rings. The molecular formula is C25H27FN2O3. The van der Waals surface area contributed by atoms with Crippen molar-refractivity contribution in [3.63, 3.8) is 0 Å². The molecule has 162 valence electrons. The second-order valence-electron chi connectivity index (χ2n) is 8.02. The Labute approximate surface area is 181 Å². The quantitative estimate of drug-likeness (QED) is 0.606. The van der Waals surface area contributed by atoms with Gasteiger partial charge in [0.2, 0.25) is 0 Å². The van der Waals surface area contributed by atoms with Crippen LogP contribution in [0.25, 0.3) is 0 Å². The molecule has 5 nitrogen and oxygen atoms in total. The van der Waals surface area contributed by atoms with Crippen molar-refractivity contribution in [3.8, 4) is 0 Å². The zero-order valence-corrected chi connectivity index (χ0v) is 18.1. The summed E-state index contributed by atoms with van der Waals surface area (Å²) in [6.45, 7) is 9.72. The molecule has 1 heterocycles. The highest BCUT2D eigenvalue weighted by Gasteiger charge is 2.33. The van der Waals surface area contributed by atoms with Crippen LogP contribution >= 0.6 is 0 Å².